The van der Waals surface area contributed by atoms with E-state index in [0.29, 0.717) is 28.4 Å². The summed E-state index contributed by atoms with van der Waals surface area (Å²) in [6, 6.07) is 15.8. The Labute approximate surface area is 214 Å². The Morgan fingerprint density at radius 2 is 2.00 bits per heavy atom. The second kappa shape index (κ2) is 9.79. The highest BCUT2D eigenvalue weighted by atomic mass is 16.5. The molecule has 9 nitrogen and oxygen atoms in total. The Bertz CT molecular complexity index is 1600. The summed E-state index contributed by atoms with van der Waals surface area (Å²) < 4.78 is 9.42. The number of benzene rings is 1. The standard InChI is InChI=1S/C28H24N8O/c1-4-13-31-21(5-2)25-24-23(20(17-29)26(30)37-28(24)35(3)34-25)18-9-11-19(12-10-18)36-16-15-33-27(36)22-8-6-7-14-32-22/h4-16,23H,2,30H2,1,3H3/b13-4-,31-21?. The first-order valence-electron chi connectivity index (χ1n) is 11.6. The molecule has 1 unspecified atom stereocenters. The summed E-state index contributed by atoms with van der Waals surface area (Å²) in [6.45, 7) is 5.78. The number of ether oxygens (including phenoxy) is 1. The number of allylic oxidation sites excluding steroid dienone is 3. The Balaban J connectivity index is 1.62. The third-order valence-corrected chi connectivity index (χ3v) is 6.04. The molecule has 0 saturated heterocycles. The van der Waals surface area contributed by atoms with Gasteiger partial charge in [-0.15, -0.1) is 0 Å². The lowest BCUT2D eigenvalue weighted by Gasteiger charge is -2.25. The average Bonchev–Trinajstić information content (AvgIpc) is 3.54. The van der Waals surface area contributed by atoms with E-state index in [1.807, 2.05) is 66.2 Å². The molecule has 4 heterocycles. The van der Waals surface area contributed by atoms with E-state index in [0.717, 1.165) is 22.8 Å². The number of hydrogen-bond donors (Lipinski definition) is 1. The number of hydrogen-bond acceptors (Lipinski definition) is 7. The van der Waals surface area contributed by atoms with Crippen molar-refractivity contribution in [1.82, 2.24) is 24.3 Å². The molecule has 5 rings (SSSR count). The summed E-state index contributed by atoms with van der Waals surface area (Å²) in [5.74, 6) is 0.744. The second-order valence-corrected chi connectivity index (χ2v) is 8.24. The number of fused-ring (bicyclic) bond motifs is 1. The van der Waals surface area contributed by atoms with Crippen LogP contribution in [0.2, 0.25) is 0 Å². The first-order chi connectivity index (χ1) is 18.1. The molecule has 1 aliphatic rings. The molecule has 1 atom stereocenters. The summed E-state index contributed by atoms with van der Waals surface area (Å²) in [7, 11) is 1.77. The Morgan fingerprint density at radius 3 is 2.68 bits per heavy atom. The minimum Gasteiger partial charge on any atom is -0.422 e. The number of nitrogens with two attached hydrogens (primary N) is 1. The van der Waals surface area contributed by atoms with E-state index >= 15 is 0 Å². The zero-order chi connectivity index (χ0) is 25.9. The van der Waals surface area contributed by atoms with E-state index in [2.05, 4.69) is 32.7 Å². The highest BCUT2D eigenvalue weighted by Gasteiger charge is 2.37. The summed E-state index contributed by atoms with van der Waals surface area (Å²) in [5, 5.41) is 14.7. The number of rotatable bonds is 6. The molecule has 0 bridgehead atoms. The molecular weight excluding hydrogens is 464 g/mol. The van der Waals surface area contributed by atoms with Crippen LogP contribution in [0.1, 0.15) is 29.7 Å². The van der Waals surface area contributed by atoms with Crippen molar-refractivity contribution in [3.63, 3.8) is 0 Å². The van der Waals surface area contributed by atoms with Crippen LogP contribution in [0.3, 0.4) is 0 Å². The molecule has 0 saturated carbocycles. The zero-order valence-electron chi connectivity index (χ0n) is 20.4. The second-order valence-electron chi connectivity index (χ2n) is 8.24. The van der Waals surface area contributed by atoms with Gasteiger partial charge in [0.15, 0.2) is 5.82 Å². The van der Waals surface area contributed by atoms with Crippen LogP contribution < -0.4 is 10.5 Å². The summed E-state index contributed by atoms with van der Waals surface area (Å²) in [6.07, 6.45) is 10.5. The third kappa shape index (κ3) is 4.10. The van der Waals surface area contributed by atoms with Gasteiger partial charge in [-0.1, -0.05) is 30.9 Å². The molecule has 3 aromatic heterocycles. The van der Waals surface area contributed by atoms with Gasteiger partial charge in [0.05, 0.1) is 17.2 Å². The smallest absolute Gasteiger partial charge is 0.224 e. The van der Waals surface area contributed by atoms with Crippen molar-refractivity contribution in [2.45, 2.75) is 12.8 Å². The van der Waals surface area contributed by atoms with E-state index in [4.69, 9.17) is 10.5 Å². The van der Waals surface area contributed by atoms with Crippen LogP contribution in [-0.2, 0) is 7.05 Å². The minimum atomic E-state index is -0.500. The maximum absolute atomic E-state index is 10.0. The van der Waals surface area contributed by atoms with Crippen molar-refractivity contribution in [2.24, 2.45) is 17.8 Å². The first kappa shape index (κ1) is 23.5. The van der Waals surface area contributed by atoms with Crippen molar-refractivity contribution in [2.75, 3.05) is 0 Å². The van der Waals surface area contributed by atoms with Gasteiger partial charge in [-0.05, 0) is 42.8 Å². The highest BCUT2D eigenvalue weighted by Crippen LogP contribution is 2.44. The van der Waals surface area contributed by atoms with Crippen LogP contribution >= 0.6 is 0 Å². The molecule has 0 fully saturated rings. The van der Waals surface area contributed by atoms with Gasteiger partial charge in [0.1, 0.15) is 23.0 Å². The zero-order valence-corrected chi connectivity index (χ0v) is 20.4. The number of nitriles is 1. The molecule has 182 valence electrons. The van der Waals surface area contributed by atoms with Gasteiger partial charge in [0.2, 0.25) is 11.8 Å². The van der Waals surface area contributed by atoms with E-state index in [-0.39, 0.29) is 5.88 Å². The lowest BCUT2D eigenvalue weighted by Crippen LogP contribution is -2.22. The van der Waals surface area contributed by atoms with Crippen molar-refractivity contribution >= 4 is 5.71 Å². The number of aryl methyl sites for hydroxylation is 1. The number of nitrogens with zero attached hydrogens (tertiary/aromatic N) is 7. The summed E-state index contributed by atoms with van der Waals surface area (Å²) >= 11 is 0. The predicted octanol–water partition coefficient (Wildman–Crippen LogP) is 4.39. The number of imidazole rings is 1. The predicted molar refractivity (Wildman–Crippen MR) is 141 cm³/mol. The quantitative estimate of drug-likeness (QED) is 0.402. The minimum absolute atomic E-state index is 0.0521. The van der Waals surface area contributed by atoms with Crippen LogP contribution in [0.25, 0.3) is 17.2 Å². The van der Waals surface area contributed by atoms with Crippen LogP contribution in [-0.4, -0.2) is 30.0 Å². The molecule has 1 aliphatic heterocycles. The van der Waals surface area contributed by atoms with E-state index in [9.17, 15) is 5.26 Å². The maximum Gasteiger partial charge on any atom is 0.224 e. The lowest BCUT2D eigenvalue weighted by atomic mass is 9.83. The normalized spacial score (nSPS) is 15.4. The molecule has 0 amide bonds. The topological polar surface area (TPSA) is 120 Å². The maximum atomic E-state index is 10.0. The lowest BCUT2D eigenvalue weighted by molar-refractivity contribution is 0.358. The number of pyridine rings is 1. The first-order valence-corrected chi connectivity index (χ1v) is 11.6. The van der Waals surface area contributed by atoms with E-state index in [1.54, 1.807) is 36.4 Å². The van der Waals surface area contributed by atoms with Crippen molar-refractivity contribution in [3.8, 4) is 29.2 Å². The van der Waals surface area contributed by atoms with E-state index in [1.165, 1.54) is 0 Å². The molecule has 37 heavy (non-hydrogen) atoms. The molecular formula is C28H24N8O. The van der Waals surface area contributed by atoms with Crippen molar-refractivity contribution in [3.05, 3.63) is 114 Å². The Kier molecular flexibility index (Phi) is 6.22. The summed E-state index contributed by atoms with van der Waals surface area (Å²) in [4.78, 5) is 13.4. The van der Waals surface area contributed by atoms with Crippen LogP contribution in [0.4, 0.5) is 0 Å². The number of aromatic nitrogens is 5. The fourth-order valence-electron chi connectivity index (χ4n) is 4.38. The SMILES string of the molecule is C=CC(=N/C=C\C)c1nn(C)c2c1C(c1ccc(-n3ccnc3-c3ccccn3)cc1)C(C#N)=C(N)O2. The van der Waals surface area contributed by atoms with Gasteiger partial charge in [-0.2, -0.15) is 10.4 Å². The van der Waals surface area contributed by atoms with Crippen LogP contribution in [0.5, 0.6) is 5.88 Å². The van der Waals surface area contributed by atoms with Gasteiger partial charge in [-0.3, -0.25) is 14.5 Å². The van der Waals surface area contributed by atoms with Gasteiger partial charge in [0, 0.05) is 37.5 Å². The van der Waals surface area contributed by atoms with E-state index < -0.39 is 5.92 Å². The molecule has 0 radical (unpaired) electrons. The average molecular weight is 489 g/mol. The molecule has 9 heteroatoms. The van der Waals surface area contributed by atoms with Crippen LogP contribution in [0, 0.1) is 11.3 Å². The number of aliphatic imine (C=N–C) groups is 1. The van der Waals surface area contributed by atoms with Crippen molar-refractivity contribution < 1.29 is 4.74 Å². The fraction of sp³-hybridized carbons (Fsp3) is 0.107. The van der Waals surface area contributed by atoms with Gasteiger partial charge < -0.3 is 10.5 Å². The largest absolute Gasteiger partial charge is 0.422 e. The Hall–Kier alpha value is -5.23. The van der Waals surface area contributed by atoms with Gasteiger partial charge >= 0.3 is 0 Å². The molecule has 1 aromatic carbocycles. The van der Waals surface area contributed by atoms with Gasteiger partial charge in [-0.25, -0.2) is 9.67 Å². The summed E-state index contributed by atoms with van der Waals surface area (Å²) in [5.41, 5.74) is 10.9. The molecule has 4 aromatic rings. The monoisotopic (exact) mass is 488 g/mol. The molecule has 2 N–H and O–H groups in total. The molecule has 0 aliphatic carbocycles. The fourth-order valence-corrected chi connectivity index (χ4v) is 4.38. The van der Waals surface area contributed by atoms with Gasteiger partial charge in [0.25, 0.3) is 0 Å². The third-order valence-electron chi connectivity index (χ3n) is 6.04. The van der Waals surface area contributed by atoms with Crippen molar-refractivity contribution in [1.29, 1.82) is 5.26 Å². The molecule has 0 spiro atoms. The highest BCUT2D eigenvalue weighted by molar-refractivity contribution is 6.09. The Morgan fingerprint density at radius 1 is 1.19 bits per heavy atom. The van der Waals surface area contributed by atoms with Crippen LogP contribution in [0.15, 0.2) is 102 Å².